The second kappa shape index (κ2) is 9.33. The molecule has 2 bridgehead atoms. The first-order chi connectivity index (χ1) is 15.1. The van der Waals surface area contributed by atoms with Crippen LogP contribution in [0.15, 0.2) is 54.6 Å². The zero-order chi connectivity index (χ0) is 21.8. The highest BCUT2D eigenvalue weighted by Crippen LogP contribution is 2.53. The van der Waals surface area contributed by atoms with Crippen molar-refractivity contribution in [3.05, 3.63) is 60.2 Å². The number of ketones is 1. The number of anilines is 1. The van der Waals surface area contributed by atoms with Crippen molar-refractivity contribution in [2.45, 2.75) is 26.2 Å². The zero-order valence-corrected chi connectivity index (χ0v) is 17.6. The van der Waals surface area contributed by atoms with Crippen LogP contribution in [0.5, 0.6) is 5.75 Å². The molecule has 162 valence electrons. The fourth-order valence-electron chi connectivity index (χ4n) is 5.03. The smallest absolute Gasteiger partial charge is 0.310 e. The number of hydrogen-bond acceptors (Lipinski definition) is 5. The molecule has 4 rings (SSSR count). The van der Waals surface area contributed by atoms with E-state index in [9.17, 15) is 14.4 Å². The van der Waals surface area contributed by atoms with Gasteiger partial charge in [-0.15, -0.1) is 0 Å². The van der Waals surface area contributed by atoms with Crippen LogP contribution in [0.1, 0.15) is 36.5 Å². The molecular formula is C25H27NO5. The van der Waals surface area contributed by atoms with Gasteiger partial charge in [0.15, 0.2) is 12.4 Å². The standard InChI is InChI=1S/C25H27NO5/c1-2-30-20-12-10-19(11-13-20)26-21(27)15-31-25(29)23-18-9-8-17(14-18)22(23)24(28)16-6-4-3-5-7-16/h3-7,10-13,17-18,22-23H,2,8-9,14-15H2,1H3,(H,26,27)/t17-,18-,22+,23+/m1/s1. The summed E-state index contributed by atoms with van der Waals surface area (Å²) in [7, 11) is 0. The van der Waals surface area contributed by atoms with E-state index in [1.165, 1.54) is 0 Å². The molecule has 0 aliphatic heterocycles. The van der Waals surface area contributed by atoms with Crippen molar-refractivity contribution < 1.29 is 23.9 Å². The van der Waals surface area contributed by atoms with Gasteiger partial charge in [0.05, 0.1) is 12.5 Å². The lowest BCUT2D eigenvalue weighted by Crippen LogP contribution is -2.37. The number of rotatable bonds is 8. The second-order valence-corrected chi connectivity index (χ2v) is 8.23. The number of carbonyl (C=O) groups excluding carboxylic acids is 3. The summed E-state index contributed by atoms with van der Waals surface area (Å²) in [4.78, 5) is 38.2. The third kappa shape index (κ3) is 4.63. The van der Waals surface area contributed by atoms with Gasteiger partial charge in [0.1, 0.15) is 5.75 Å². The molecule has 0 aromatic heterocycles. The minimum Gasteiger partial charge on any atom is -0.494 e. The lowest BCUT2D eigenvalue weighted by atomic mass is 9.75. The molecule has 6 nitrogen and oxygen atoms in total. The Morgan fingerprint density at radius 1 is 0.935 bits per heavy atom. The molecule has 0 heterocycles. The first-order valence-corrected chi connectivity index (χ1v) is 10.9. The number of carbonyl (C=O) groups is 3. The van der Waals surface area contributed by atoms with E-state index in [4.69, 9.17) is 9.47 Å². The quantitative estimate of drug-likeness (QED) is 0.512. The highest BCUT2D eigenvalue weighted by atomic mass is 16.5. The van der Waals surface area contributed by atoms with E-state index >= 15 is 0 Å². The van der Waals surface area contributed by atoms with Crippen LogP contribution in [-0.4, -0.2) is 30.9 Å². The van der Waals surface area contributed by atoms with Crippen molar-refractivity contribution in [2.24, 2.45) is 23.7 Å². The average molecular weight is 421 g/mol. The molecule has 2 saturated carbocycles. The summed E-state index contributed by atoms with van der Waals surface area (Å²) >= 11 is 0. The minimum absolute atomic E-state index is 0.00795. The van der Waals surface area contributed by atoms with Crippen LogP contribution < -0.4 is 10.1 Å². The van der Waals surface area contributed by atoms with E-state index in [2.05, 4.69) is 5.32 Å². The molecule has 31 heavy (non-hydrogen) atoms. The number of hydrogen-bond donors (Lipinski definition) is 1. The molecule has 4 atom stereocenters. The number of benzene rings is 2. The predicted molar refractivity (Wildman–Crippen MR) is 116 cm³/mol. The summed E-state index contributed by atoms with van der Waals surface area (Å²) in [6, 6.07) is 16.1. The molecule has 2 aromatic rings. The van der Waals surface area contributed by atoms with E-state index < -0.39 is 17.8 Å². The molecule has 1 N–H and O–H groups in total. The Hall–Kier alpha value is -3.15. The fraction of sp³-hybridized carbons (Fsp3) is 0.400. The first-order valence-electron chi connectivity index (χ1n) is 10.9. The van der Waals surface area contributed by atoms with Gasteiger partial charge >= 0.3 is 5.97 Å². The zero-order valence-electron chi connectivity index (χ0n) is 17.6. The van der Waals surface area contributed by atoms with Crippen molar-refractivity contribution in [3.8, 4) is 5.75 Å². The van der Waals surface area contributed by atoms with Crippen molar-refractivity contribution in [3.63, 3.8) is 0 Å². The number of ether oxygens (including phenoxy) is 2. The number of esters is 1. The molecule has 2 fully saturated rings. The van der Waals surface area contributed by atoms with Gasteiger partial charge in [-0.3, -0.25) is 14.4 Å². The van der Waals surface area contributed by atoms with Gasteiger partial charge in [-0.1, -0.05) is 30.3 Å². The molecule has 0 saturated heterocycles. The van der Waals surface area contributed by atoms with E-state index in [1.54, 1.807) is 36.4 Å². The monoisotopic (exact) mass is 421 g/mol. The largest absolute Gasteiger partial charge is 0.494 e. The number of fused-ring (bicyclic) bond motifs is 2. The Kier molecular flexibility index (Phi) is 6.35. The lowest BCUT2D eigenvalue weighted by Gasteiger charge is -2.28. The van der Waals surface area contributed by atoms with Crippen molar-refractivity contribution in [2.75, 3.05) is 18.5 Å². The van der Waals surface area contributed by atoms with E-state index in [-0.39, 0.29) is 30.1 Å². The van der Waals surface area contributed by atoms with Crippen LogP contribution in [0.3, 0.4) is 0 Å². The van der Waals surface area contributed by atoms with E-state index in [1.807, 2.05) is 25.1 Å². The van der Waals surface area contributed by atoms with Crippen LogP contribution >= 0.6 is 0 Å². The lowest BCUT2D eigenvalue weighted by molar-refractivity contribution is -0.154. The Morgan fingerprint density at radius 2 is 1.61 bits per heavy atom. The molecule has 0 spiro atoms. The Balaban J connectivity index is 1.35. The Bertz CT molecular complexity index is 940. The van der Waals surface area contributed by atoms with E-state index in [0.717, 1.165) is 25.0 Å². The van der Waals surface area contributed by atoms with Crippen molar-refractivity contribution >= 4 is 23.3 Å². The number of amides is 1. The van der Waals surface area contributed by atoms with Crippen LogP contribution in [0.2, 0.25) is 0 Å². The predicted octanol–water partition coefficient (Wildman–Crippen LogP) is 4.11. The molecule has 6 heteroatoms. The maximum absolute atomic E-state index is 13.1. The summed E-state index contributed by atoms with van der Waals surface area (Å²) in [6.45, 7) is 2.10. The Morgan fingerprint density at radius 3 is 2.29 bits per heavy atom. The summed E-state index contributed by atoms with van der Waals surface area (Å²) < 4.78 is 10.7. The van der Waals surface area contributed by atoms with Crippen molar-refractivity contribution in [1.82, 2.24) is 0 Å². The van der Waals surface area contributed by atoms with Gasteiger partial charge in [-0.2, -0.15) is 0 Å². The Labute approximate surface area is 181 Å². The summed E-state index contributed by atoms with van der Waals surface area (Å²) in [6.07, 6.45) is 2.78. The molecular weight excluding hydrogens is 394 g/mol. The van der Waals surface area contributed by atoms with Gasteiger partial charge < -0.3 is 14.8 Å². The highest BCUT2D eigenvalue weighted by Gasteiger charge is 2.54. The fourth-order valence-corrected chi connectivity index (χ4v) is 5.03. The molecule has 0 unspecified atom stereocenters. The first kappa shape index (κ1) is 21.1. The molecule has 2 aromatic carbocycles. The molecule has 2 aliphatic rings. The average Bonchev–Trinajstić information content (AvgIpc) is 3.41. The van der Waals surface area contributed by atoms with Crippen LogP contribution in [-0.2, 0) is 14.3 Å². The molecule has 1 amide bonds. The highest BCUT2D eigenvalue weighted by molar-refractivity contribution is 6.01. The maximum atomic E-state index is 13.1. The van der Waals surface area contributed by atoms with Gasteiger partial charge in [-0.05, 0) is 62.3 Å². The topological polar surface area (TPSA) is 81.7 Å². The molecule has 0 radical (unpaired) electrons. The summed E-state index contributed by atoms with van der Waals surface area (Å²) in [5.74, 6) is -0.578. The van der Waals surface area contributed by atoms with Gasteiger partial charge in [-0.25, -0.2) is 0 Å². The molecule has 2 aliphatic carbocycles. The number of nitrogens with one attached hydrogen (secondary N) is 1. The SMILES string of the molecule is CCOc1ccc(NC(=O)COC(=O)[C@H]2[C@@H]3CC[C@H](C3)[C@@H]2C(=O)c2ccccc2)cc1. The van der Waals surface area contributed by atoms with E-state index in [0.29, 0.717) is 17.9 Å². The van der Waals surface area contributed by atoms with Gasteiger partial charge in [0.2, 0.25) is 0 Å². The third-order valence-corrected chi connectivity index (χ3v) is 6.34. The summed E-state index contributed by atoms with van der Waals surface area (Å²) in [5.41, 5.74) is 1.23. The third-order valence-electron chi connectivity index (χ3n) is 6.34. The normalized spacial score (nSPS) is 23.9. The second-order valence-electron chi connectivity index (χ2n) is 8.23. The van der Waals surface area contributed by atoms with Crippen molar-refractivity contribution in [1.29, 1.82) is 0 Å². The van der Waals surface area contributed by atoms with Crippen LogP contribution in [0.4, 0.5) is 5.69 Å². The number of Topliss-reactive ketones (excluding diaryl/α,β-unsaturated/α-hetero) is 1. The maximum Gasteiger partial charge on any atom is 0.310 e. The van der Waals surface area contributed by atoms with Gasteiger partial charge in [0.25, 0.3) is 5.91 Å². The van der Waals surface area contributed by atoms with Gasteiger partial charge in [0, 0.05) is 17.2 Å². The summed E-state index contributed by atoms with van der Waals surface area (Å²) in [5, 5.41) is 2.71. The van der Waals surface area contributed by atoms with Crippen LogP contribution in [0, 0.1) is 23.7 Å². The van der Waals surface area contributed by atoms with Crippen LogP contribution in [0.25, 0.3) is 0 Å². The minimum atomic E-state index is -0.468.